The zero-order chi connectivity index (χ0) is 14.4. The Morgan fingerprint density at radius 3 is 2.81 bits per heavy atom. The van der Waals surface area contributed by atoms with Gasteiger partial charge in [-0.25, -0.2) is 4.79 Å². The Morgan fingerprint density at radius 1 is 1.14 bits per heavy atom. The van der Waals surface area contributed by atoms with Gasteiger partial charge < -0.3 is 10.3 Å². The zero-order valence-electron chi connectivity index (χ0n) is 11.6. The molecule has 3 amide bonds. The number of H-pyrrole nitrogens is 1. The topological polar surface area (TPSA) is 74.0 Å². The third-order valence-corrected chi connectivity index (χ3v) is 4.87. The number of hydrogen-bond acceptors (Lipinski definition) is 2. The van der Waals surface area contributed by atoms with E-state index in [1.807, 2.05) is 24.4 Å². The molecule has 2 aromatic rings. The van der Waals surface area contributed by atoms with Crippen LogP contribution in [0.2, 0.25) is 0 Å². The Balaban J connectivity index is 1.85. The Kier molecular flexibility index (Phi) is 2.58. The van der Waals surface area contributed by atoms with E-state index in [-0.39, 0.29) is 17.9 Å². The molecule has 0 bridgehead atoms. The molecule has 1 aliphatic carbocycles. The highest BCUT2D eigenvalue weighted by Gasteiger charge is 2.53. The van der Waals surface area contributed by atoms with Gasteiger partial charge in [-0.05, 0) is 24.5 Å². The van der Waals surface area contributed by atoms with Crippen molar-refractivity contribution in [1.29, 1.82) is 0 Å². The minimum atomic E-state index is -0.777. The summed E-state index contributed by atoms with van der Waals surface area (Å²) in [6.45, 7) is 0. The molecule has 0 unspecified atom stereocenters. The quantitative estimate of drug-likeness (QED) is 0.703. The van der Waals surface area contributed by atoms with Crippen molar-refractivity contribution in [1.82, 2.24) is 15.6 Å². The second-order valence-electron chi connectivity index (χ2n) is 5.97. The van der Waals surface area contributed by atoms with Crippen LogP contribution in [0.1, 0.15) is 37.2 Å². The van der Waals surface area contributed by atoms with Crippen molar-refractivity contribution in [3.05, 3.63) is 36.0 Å². The summed E-state index contributed by atoms with van der Waals surface area (Å²) >= 11 is 0. The molecule has 5 nitrogen and oxygen atoms in total. The van der Waals surface area contributed by atoms with E-state index < -0.39 is 5.54 Å². The molecule has 2 fully saturated rings. The number of nitrogens with one attached hydrogen (secondary N) is 3. The van der Waals surface area contributed by atoms with Crippen LogP contribution in [0.15, 0.2) is 30.5 Å². The van der Waals surface area contributed by atoms with Crippen LogP contribution in [0.5, 0.6) is 0 Å². The Labute approximate surface area is 122 Å². The first-order chi connectivity index (χ1) is 10.2. The first-order valence-electron chi connectivity index (χ1n) is 7.40. The summed E-state index contributed by atoms with van der Waals surface area (Å²) in [7, 11) is 0. The van der Waals surface area contributed by atoms with Crippen LogP contribution in [-0.2, 0) is 4.79 Å². The maximum absolute atomic E-state index is 12.4. The van der Waals surface area contributed by atoms with E-state index in [1.165, 1.54) is 0 Å². The number of rotatable bonds is 1. The third kappa shape index (κ3) is 1.70. The van der Waals surface area contributed by atoms with Gasteiger partial charge in [-0.15, -0.1) is 0 Å². The highest BCUT2D eigenvalue weighted by Crippen LogP contribution is 2.44. The molecule has 21 heavy (non-hydrogen) atoms. The lowest BCUT2D eigenvalue weighted by Crippen LogP contribution is -2.53. The molecule has 0 radical (unpaired) electrons. The number of para-hydroxylation sites is 1. The van der Waals surface area contributed by atoms with Crippen molar-refractivity contribution >= 4 is 22.8 Å². The molecule has 1 saturated carbocycles. The molecular formula is C16H17N3O2. The smallest absolute Gasteiger partial charge is 0.322 e. The molecule has 1 saturated heterocycles. The number of imide groups is 1. The summed E-state index contributed by atoms with van der Waals surface area (Å²) in [6, 6.07) is 7.72. The van der Waals surface area contributed by atoms with Crippen LogP contribution < -0.4 is 10.6 Å². The van der Waals surface area contributed by atoms with E-state index in [0.717, 1.165) is 35.7 Å². The average Bonchev–Trinajstić information content (AvgIpc) is 3.02. The number of urea groups is 1. The average molecular weight is 283 g/mol. The van der Waals surface area contributed by atoms with Crippen molar-refractivity contribution in [2.75, 3.05) is 0 Å². The molecular weight excluding hydrogens is 266 g/mol. The summed E-state index contributed by atoms with van der Waals surface area (Å²) in [5.74, 6) is -0.156. The number of aromatic amines is 1. The lowest BCUT2D eigenvalue weighted by Gasteiger charge is -2.38. The fraction of sp³-hybridized carbons (Fsp3) is 0.375. The molecule has 4 rings (SSSR count). The summed E-state index contributed by atoms with van der Waals surface area (Å²) in [5, 5.41) is 6.46. The largest absolute Gasteiger partial charge is 0.361 e. The molecule has 1 spiro atoms. The predicted molar refractivity (Wildman–Crippen MR) is 78.9 cm³/mol. The van der Waals surface area contributed by atoms with Gasteiger partial charge in [0.05, 0.1) is 0 Å². The van der Waals surface area contributed by atoms with Gasteiger partial charge in [0, 0.05) is 23.0 Å². The van der Waals surface area contributed by atoms with Crippen LogP contribution in [0, 0.1) is 0 Å². The molecule has 2 aliphatic rings. The number of amides is 3. The molecule has 1 aromatic heterocycles. The normalized spacial score (nSPS) is 28.9. The number of carbonyl (C=O) groups is 2. The molecule has 2 atom stereocenters. The Bertz CT molecular complexity index is 736. The van der Waals surface area contributed by atoms with Crippen molar-refractivity contribution in [3.63, 3.8) is 0 Å². The van der Waals surface area contributed by atoms with Crippen LogP contribution in [-0.4, -0.2) is 22.5 Å². The van der Waals surface area contributed by atoms with E-state index >= 15 is 0 Å². The van der Waals surface area contributed by atoms with Crippen LogP contribution in [0.4, 0.5) is 4.79 Å². The summed E-state index contributed by atoms with van der Waals surface area (Å²) < 4.78 is 0. The van der Waals surface area contributed by atoms with Gasteiger partial charge in [0.25, 0.3) is 5.91 Å². The predicted octanol–water partition coefficient (Wildman–Crippen LogP) is 2.40. The molecule has 108 valence electrons. The van der Waals surface area contributed by atoms with Crippen LogP contribution in [0.25, 0.3) is 10.9 Å². The minimum absolute atomic E-state index is 0.0221. The zero-order valence-corrected chi connectivity index (χ0v) is 11.6. The van der Waals surface area contributed by atoms with Gasteiger partial charge >= 0.3 is 6.03 Å². The number of aromatic nitrogens is 1. The summed E-state index contributed by atoms with van der Waals surface area (Å²) in [5.41, 5.74) is 1.42. The van der Waals surface area contributed by atoms with Gasteiger partial charge in [0.15, 0.2) is 0 Å². The fourth-order valence-electron chi connectivity index (χ4n) is 3.90. The molecule has 2 heterocycles. The van der Waals surface area contributed by atoms with E-state index in [9.17, 15) is 9.59 Å². The van der Waals surface area contributed by atoms with E-state index in [0.29, 0.717) is 6.42 Å². The minimum Gasteiger partial charge on any atom is -0.361 e. The Hall–Kier alpha value is -2.30. The maximum atomic E-state index is 12.4. The highest BCUT2D eigenvalue weighted by molar-refractivity contribution is 6.08. The monoisotopic (exact) mass is 283 g/mol. The van der Waals surface area contributed by atoms with Crippen LogP contribution in [0.3, 0.4) is 0 Å². The third-order valence-electron chi connectivity index (χ3n) is 4.87. The number of benzene rings is 1. The Morgan fingerprint density at radius 2 is 2.00 bits per heavy atom. The highest BCUT2D eigenvalue weighted by atomic mass is 16.2. The van der Waals surface area contributed by atoms with Gasteiger partial charge in [-0.2, -0.15) is 0 Å². The number of hydrogen-bond donors (Lipinski definition) is 3. The lowest BCUT2D eigenvalue weighted by molar-refractivity contribution is -0.125. The van der Waals surface area contributed by atoms with Gasteiger partial charge in [0.2, 0.25) is 0 Å². The van der Waals surface area contributed by atoms with Gasteiger partial charge in [-0.1, -0.05) is 31.0 Å². The second kappa shape index (κ2) is 4.35. The van der Waals surface area contributed by atoms with E-state index in [2.05, 4.69) is 21.7 Å². The van der Waals surface area contributed by atoms with Crippen LogP contribution >= 0.6 is 0 Å². The lowest BCUT2D eigenvalue weighted by atomic mass is 9.69. The number of carbonyl (C=O) groups excluding carboxylic acids is 2. The van der Waals surface area contributed by atoms with Gasteiger partial charge in [0.1, 0.15) is 5.54 Å². The summed E-state index contributed by atoms with van der Waals surface area (Å²) in [6.07, 6.45) is 5.64. The fourth-order valence-corrected chi connectivity index (χ4v) is 3.90. The molecule has 1 aliphatic heterocycles. The van der Waals surface area contributed by atoms with Crippen molar-refractivity contribution < 1.29 is 9.59 Å². The first kappa shape index (κ1) is 12.4. The van der Waals surface area contributed by atoms with Crippen molar-refractivity contribution in [2.45, 2.75) is 37.1 Å². The molecule has 1 aromatic carbocycles. The molecule has 5 heteroatoms. The first-order valence-corrected chi connectivity index (χ1v) is 7.40. The van der Waals surface area contributed by atoms with E-state index in [1.54, 1.807) is 0 Å². The van der Waals surface area contributed by atoms with Crippen molar-refractivity contribution in [2.24, 2.45) is 0 Å². The second-order valence-corrected chi connectivity index (χ2v) is 5.97. The summed E-state index contributed by atoms with van der Waals surface area (Å²) in [4.78, 5) is 27.3. The SMILES string of the molecule is O=C1NC(=O)[C@@]2(CCCC[C@H]2c2c[nH]c3ccccc23)N1. The maximum Gasteiger partial charge on any atom is 0.322 e. The van der Waals surface area contributed by atoms with E-state index in [4.69, 9.17) is 0 Å². The molecule has 3 N–H and O–H groups in total. The van der Waals surface area contributed by atoms with Gasteiger partial charge in [-0.3, -0.25) is 10.1 Å². The standard InChI is InChI=1S/C16H17N3O2/c20-14-16(19-15(21)18-14)8-4-3-6-12(16)11-9-17-13-7-2-1-5-10(11)13/h1-2,5,7,9,12,17H,3-4,6,8H2,(H2,18,19,20,21)/t12-,16-/m0/s1. The number of fused-ring (bicyclic) bond motifs is 1. The van der Waals surface area contributed by atoms with Crippen molar-refractivity contribution in [3.8, 4) is 0 Å².